The minimum Gasteiger partial charge on any atom is -0.246 e. The Morgan fingerprint density at radius 2 is 2.15 bits per heavy atom. The summed E-state index contributed by atoms with van der Waals surface area (Å²) in [5.74, 6) is 0. The van der Waals surface area contributed by atoms with E-state index in [9.17, 15) is 0 Å². The van der Waals surface area contributed by atoms with Gasteiger partial charge in [0.2, 0.25) is 0 Å². The van der Waals surface area contributed by atoms with E-state index in [1.807, 2.05) is 19.1 Å². The van der Waals surface area contributed by atoms with E-state index in [-0.39, 0.29) is 0 Å². The van der Waals surface area contributed by atoms with Crippen LogP contribution < -0.4 is 0 Å². The largest absolute Gasteiger partial charge is 0.246 e. The van der Waals surface area contributed by atoms with Gasteiger partial charge >= 0.3 is 0 Å². The molecule has 0 saturated carbocycles. The van der Waals surface area contributed by atoms with Crippen molar-refractivity contribution in [1.29, 1.82) is 5.26 Å². The van der Waals surface area contributed by atoms with Crippen LogP contribution >= 0.6 is 23.2 Å². The third-order valence-electron chi connectivity index (χ3n) is 3.20. The molecule has 1 aromatic carbocycles. The standard InChI is InChI=1S/C14H10Cl2N4/c1-8-11-12(16)9-4-2-5-10(15)13(9)18-14(11)20(19-8)7-3-6-17/h2,4-5H,3,7H2,1H3. The lowest BCUT2D eigenvalue weighted by atomic mass is 10.1. The van der Waals surface area contributed by atoms with Gasteiger partial charge in [-0.05, 0) is 13.0 Å². The Hall–Kier alpha value is -1.83. The summed E-state index contributed by atoms with van der Waals surface area (Å²) < 4.78 is 1.71. The molecule has 0 radical (unpaired) electrons. The van der Waals surface area contributed by atoms with Gasteiger partial charge in [0, 0.05) is 5.39 Å². The van der Waals surface area contributed by atoms with Gasteiger partial charge in [-0.3, -0.25) is 0 Å². The highest BCUT2D eigenvalue weighted by Gasteiger charge is 2.16. The molecule has 0 aliphatic rings. The molecule has 0 spiro atoms. The van der Waals surface area contributed by atoms with Gasteiger partial charge in [-0.25, -0.2) is 9.67 Å². The fraction of sp³-hybridized carbons (Fsp3) is 0.214. The highest BCUT2D eigenvalue weighted by atomic mass is 35.5. The molecule has 3 rings (SSSR count). The summed E-state index contributed by atoms with van der Waals surface area (Å²) in [7, 11) is 0. The molecule has 0 aliphatic carbocycles. The van der Waals surface area contributed by atoms with Crippen molar-refractivity contribution in [2.75, 3.05) is 0 Å². The number of nitrogens with zero attached hydrogens (tertiary/aromatic N) is 4. The summed E-state index contributed by atoms with van der Waals surface area (Å²) in [6.07, 6.45) is 0.371. The number of pyridine rings is 1. The maximum absolute atomic E-state index is 8.72. The van der Waals surface area contributed by atoms with Gasteiger partial charge in [-0.2, -0.15) is 10.4 Å². The van der Waals surface area contributed by atoms with E-state index in [1.165, 1.54) is 0 Å². The second kappa shape index (κ2) is 4.93. The first-order valence-corrected chi connectivity index (χ1v) is 6.87. The predicted octanol–water partition coefficient (Wildman–Crippen LogP) is 4.11. The first kappa shape index (κ1) is 13.2. The van der Waals surface area contributed by atoms with Crippen LogP contribution in [0.2, 0.25) is 10.0 Å². The molecule has 0 amide bonds. The Morgan fingerprint density at radius 3 is 2.90 bits per heavy atom. The van der Waals surface area contributed by atoms with E-state index >= 15 is 0 Å². The highest BCUT2D eigenvalue weighted by Crippen LogP contribution is 2.34. The van der Waals surface area contributed by atoms with Crippen molar-refractivity contribution in [1.82, 2.24) is 14.8 Å². The Labute approximate surface area is 125 Å². The van der Waals surface area contributed by atoms with E-state index in [0.29, 0.717) is 34.2 Å². The highest BCUT2D eigenvalue weighted by molar-refractivity contribution is 6.42. The monoisotopic (exact) mass is 304 g/mol. The Kier molecular flexibility index (Phi) is 3.25. The molecule has 2 aromatic heterocycles. The van der Waals surface area contributed by atoms with Gasteiger partial charge in [0.25, 0.3) is 0 Å². The number of aromatic nitrogens is 3. The Bertz CT molecular complexity index is 861. The minimum atomic E-state index is 0.371. The fourth-order valence-electron chi connectivity index (χ4n) is 2.30. The number of rotatable bonds is 2. The fourth-order valence-corrected chi connectivity index (χ4v) is 2.89. The van der Waals surface area contributed by atoms with Crippen LogP contribution in [0.25, 0.3) is 21.9 Å². The van der Waals surface area contributed by atoms with Crippen molar-refractivity contribution < 1.29 is 0 Å². The number of nitriles is 1. The summed E-state index contributed by atoms with van der Waals surface area (Å²) in [6, 6.07) is 7.62. The second-order valence-corrected chi connectivity index (χ2v) is 5.26. The molecule has 0 bridgehead atoms. The molecule has 100 valence electrons. The number of para-hydroxylation sites is 1. The van der Waals surface area contributed by atoms with Gasteiger partial charge in [0.15, 0.2) is 5.65 Å². The molecule has 4 nitrogen and oxygen atoms in total. The Balaban J connectivity index is 2.40. The molecule has 0 saturated heterocycles. The van der Waals surface area contributed by atoms with Gasteiger partial charge in [-0.1, -0.05) is 35.3 Å². The lowest BCUT2D eigenvalue weighted by molar-refractivity contribution is 0.638. The summed E-state index contributed by atoms with van der Waals surface area (Å²) >= 11 is 12.7. The lowest BCUT2D eigenvalue weighted by Gasteiger charge is -2.05. The van der Waals surface area contributed by atoms with E-state index in [0.717, 1.165) is 16.5 Å². The van der Waals surface area contributed by atoms with Crippen LogP contribution in [0.4, 0.5) is 0 Å². The molecule has 0 N–H and O–H groups in total. The molecule has 0 unspecified atom stereocenters. The van der Waals surface area contributed by atoms with Crippen LogP contribution in [-0.2, 0) is 6.54 Å². The number of hydrogen-bond donors (Lipinski definition) is 0. The number of halogens is 2. The van der Waals surface area contributed by atoms with Gasteiger partial charge in [0.1, 0.15) is 0 Å². The molecule has 0 atom stereocenters. The van der Waals surface area contributed by atoms with Crippen molar-refractivity contribution in [3.63, 3.8) is 0 Å². The number of fused-ring (bicyclic) bond motifs is 2. The molecule has 2 heterocycles. The molecule has 0 aliphatic heterocycles. The van der Waals surface area contributed by atoms with E-state index in [2.05, 4.69) is 16.2 Å². The normalized spacial score (nSPS) is 11.1. The quantitative estimate of drug-likeness (QED) is 0.716. The van der Waals surface area contributed by atoms with Crippen molar-refractivity contribution in [2.24, 2.45) is 0 Å². The first-order chi connectivity index (χ1) is 9.63. The average molecular weight is 305 g/mol. The number of hydrogen-bond acceptors (Lipinski definition) is 3. The minimum absolute atomic E-state index is 0.371. The van der Waals surface area contributed by atoms with E-state index in [1.54, 1.807) is 10.7 Å². The second-order valence-electron chi connectivity index (χ2n) is 4.48. The zero-order valence-corrected chi connectivity index (χ0v) is 12.2. The van der Waals surface area contributed by atoms with Crippen LogP contribution in [-0.4, -0.2) is 14.8 Å². The summed E-state index contributed by atoms with van der Waals surface area (Å²) in [5, 5.41) is 15.9. The topological polar surface area (TPSA) is 54.5 Å². The third kappa shape index (κ3) is 1.91. The molecule has 6 heteroatoms. The van der Waals surface area contributed by atoms with Crippen LogP contribution in [0, 0.1) is 18.3 Å². The Morgan fingerprint density at radius 1 is 1.35 bits per heavy atom. The van der Waals surface area contributed by atoms with Gasteiger partial charge in [-0.15, -0.1) is 0 Å². The molecular formula is C14H10Cl2N4. The van der Waals surface area contributed by atoms with Crippen molar-refractivity contribution in [2.45, 2.75) is 19.9 Å². The van der Waals surface area contributed by atoms with Gasteiger partial charge < -0.3 is 0 Å². The predicted molar refractivity (Wildman–Crippen MR) is 80.0 cm³/mol. The molecular weight excluding hydrogens is 295 g/mol. The first-order valence-electron chi connectivity index (χ1n) is 6.11. The number of aryl methyl sites for hydroxylation is 2. The van der Waals surface area contributed by atoms with Crippen LogP contribution in [0.1, 0.15) is 12.1 Å². The van der Waals surface area contributed by atoms with Crippen LogP contribution in [0.15, 0.2) is 18.2 Å². The SMILES string of the molecule is Cc1nn(CCC#N)c2nc3c(Cl)cccc3c(Cl)c12. The van der Waals surface area contributed by atoms with Crippen LogP contribution in [0.3, 0.4) is 0 Å². The average Bonchev–Trinajstić information content (AvgIpc) is 2.75. The van der Waals surface area contributed by atoms with Crippen molar-refractivity contribution >= 4 is 45.1 Å². The molecule has 0 fully saturated rings. The summed E-state index contributed by atoms with van der Waals surface area (Å²) in [6.45, 7) is 2.37. The molecule has 20 heavy (non-hydrogen) atoms. The maximum atomic E-state index is 8.72. The van der Waals surface area contributed by atoms with Crippen molar-refractivity contribution in [3.8, 4) is 6.07 Å². The van der Waals surface area contributed by atoms with E-state index < -0.39 is 0 Å². The molecule has 3 aromatic rings. The van der Waals surface area contributed by atoms with Crippen molar-refractivity contribution in [3.05, 3.63) is 33.9 Å². The zero-order valence-electron chi connectivity index (χ0n) is 10.7. The van der Waals surface area contributed by atoms with Gasteiger partial charge in [0.05, 0.1) is 45.7 Å². The lowest BCUT2D eigenvalue weighted by Crippen LogP contribution is -2.01. The maximum Gasteiger partial charge on any atom is 0.160 e. The zero-order chi connectivity index (χ0) is 14.3. The van der Waals surface area contributed by atoms with Crippen LogP contribution in [0.5, 0.6) is 0 Å². The van der Waals surface area contributed by atoms with E-state index in [4.69, 9.17) is 28.5 Å². The summed E-state index contributed by atoms with van der Waals surface area (Å²) in [4.78, 5) is 4.59. The number of benzene rings is 1. The smallest absolute Gasteiger partial charge is 0.160 e. The summed E-state index contributed by atoms with van der Waals surface area (Å²) in [5.41, 5.74) is 2.13. The third-order valence-corrected chi connectivity index (χ3v) is 3.89.